The van der Waals surface area contributed by atoms with E-state index in [-0.39, 0.29) is 11.4 Å². The predicted molar refractivity (Wildman–Crippen MR) is 126 cm³/mol. The smallest absolute Gasteiger partial charge is 0.418 e. The molecule has 0 saturated heterocycles. The van der Waals surface area contributed by atoms with Crippen LogP contribution in [0.2, 0.25) is 0 Å². The van der Waals surface area contributed by atoms with E-state index in [2.05, 4.69) is 22.1 Å². The van der Waals surface area contributed by atoms with Gasteiger partial charge in [-0.1, -0.05) is 36.0 Å². The highest BCUT2D eigenvalue weighted by Crippen LogP contribution is 2.34. The summed E-state index contributed by atoms with van der Waals surface area (Å²) in [6, 6.07) is 10.6. The molecule has 0 bridgehead atoms. The van der Waals surface area contributed by atoms with E-state index in [0.29, 0.717) is 23.3 Å². The Morgan fingerprint density at radius 1 is 1.21 bits per heavy atom. The summed E-state index contributed by atoms with van der Waals surface area (Å²) >= 11 is 1.07. The molecule has 0 spiro atoms. The van der Waals surface area contributed by atoms with Crippen molar-refractivity contribution in [1.82, 2.24) is 14.8 Å². The van der Waals surface area contributed by atoms with Crippen LogP contribution in [0.1, 0.15) is 35.5 Å². The Balaban J connectivity index is 1.70. The number of aryl methyl sites for hydroxylation is 2. The number of thioether (sulfide) groups is 1. The minimum absolute atomic E-state index is 0.145. The standard InChI is InChI=1S/C24H25F3N4O2S/c1-5-12-31-22(17(4)33-18-11-10-15(2)16(3)13-18)29-30-23(31)34-14-21(32)28-20-9-7-6-8-19(20)24(25,26)27/h5-11,13,17H,1,12,14H2,2-4H3,(H,28,32). The zero-order valence-corrected chi connectivity index (χ0v) is 19.8. The highest BCUT2D eigenvalue weighted by Gasteiger charge is 2.33. The summed E-state index contributed by atoms with van der Waals surface area (Å²) in [5.74, 6) is 0.508. The Hall–Kier alpha value is -3.27. The van der Waals surface area contributed by atoms with Gasteiger partial charge in [0.05, 0.1) is 17.0 Å². The average Bonchev–Trinajstić information content (AvgIpc) is 3.17. The van der Waals surface area contributed by atoms with E-state index in [1.54, 1.807) is 10.6 Å². The summed E-state index contributed by atoms with van der Waals surface area (Å²) in [6.07, 6.45) is -3.34. The third-order valence-corrected chi connectivity index (χ3v) is 6.02. The van der Waals surface area contributed by atoms with Gasteiger partial charge < -0.3 is 10.1 Å². The third-order valence-electron chi connectivity index (χ3n) is 5.05. The van der Waals surface area contributed by atoms with Gasteiger partial charge in [-0.25, -0.2) is 0 Å². The monoisotopic (exact) mass is 490 g/mol. The maximum absolute atomic E-state index is 13.2. The van der Waals surface area contributed by atoms with Gasteiger partial charge in [-0.3, -0.25) is 9.36 Å². The van der Waals surface area contributed by atoms with Crippen LogP contribution in [-0.4, -0.2) is 26.4 Å². The van der Waals surface area contributed by atoms with Gasteiger partial charge in [0.25, 0.3) is 0 Å². The molecular weight excluding hydrogens is 465 g/mol. The van der Waals surface area contributed by atoms with E-state index in [0.717, 1.165) is 29.0 Å². The molecule has 1 amide bonds. The Labute approximate surface area is 200 Å². The molecule has 6 nitrogen and oxygen atoms in total. The minimum Gasteiger partial charge on any atom is -0.483 e. The van der Waals surface area contributed by atoms with Gasteiger partial charge >= 0.3 is 6.18 Å². The number of nitrogens with zero attached hydrogens (tertiary/aromatic N) is 3. The molecule has 34 heavy (non-hydrogen) atoms. The molecule has 180 valence electrons. The molecule has 0 radical (unpaired) electrons. The van der Waals surface area contributed by atoms with Crippen LogP contribution in [-0.2, 0) is 17.5 Å². The highest BCUT2D eigenvalue weighted by molar-refractivity contribution is 7.99. The highest BCUT2D eigenvalue weighted by atomic mass is 32.2. The summed E-state index contributed by atoms with van der Waals surface area (Å²) in [5, 5.41) is 11.1. The van der Waals surface area contributed by atoms with Crippen molar-refractivity contribution in [3.05, 3.63) is 77.6 Å². The first-order valence-corrected chi connectivity index (χ1v) is 11.5. The largest absolute Gasteiger partial charge is 0.483 e. The number of halogens is 3. The van der Waals surface area contributed by atoms with Crippen LogP contribution < -0.4 is 10.1 Å². The number of amides is 1. The van der Waals surface area contributed by atoms with Gasteiger partial charge in [0, 0.05) is 6.54 Å². The van der Waals surface area contributed by atoms with E-state index in [1.807, 2.05) is 39.0 Å². The van der Waals surface area contributed by atoms with Crippen molar-refractivity contribution in [2.24, 2.45) is 0 Å². The fourth-order valence-corrected chi connectivity index (χ4v) is 3.96. The van der Waals surface area contributed by atoms with Crippen LogP contribution in [0.25, 0.3) is 0 Å². The molecule has 0 aliphatic rings. The normalized spacial score (nSPS) is 12.3. The van der Waals surface area contributed by atoms with Gasteiger partial charge in [0.1, 0.15) is 5.75 Å². The van der Waals surface area contributed by atoms with E-state index < -0.39 is 23.8 Å². The maximum Gasteiger partial charge on any atom is 0.418 e. The molecule has 0 saturated carbocycles. The first-order valence-electron chi connectivity index (χ1n) is 10.5. The molecule has 0 aliphatic carbocycles. The number of hydrogen-bond donors (Lipinski definition) is 1. The Morgan fingerprint density at radius 2 is 1.94 bits per heavy atom. The van der Waals surface area contributed by atoms with Crippen molar-refractivity contribution in [2.75, 3.05) is 11.1 Å². The van der Waals surface area contributed by atoms with Gasteiger partial charge in [-0.05, 0) is 56.2 Å². The molecule has 0 aliphatic heterocycles. The number of benzene rings is 2. The second-order valence-electron chi connectivity index (χ2n) is 7.63. The van der Waals surface area contributed by atoms with Gasteiger partial charge in [0.15, 0.2) is 17.1 Å². The molecule has 1 atom stereocenters. The van der Waals surface area contributed by atoms with Crippen LogP contribution >= 0.6 is 11.8 Å². The topological polar surface area (TPSA) is 69.0 Å². The molecule has 1 aromatic heterocycles. The van der Waals surface area contributed by atoms with Crippen molar-refractivity contribution >= 4 is 23.4 Å². The Morgan fingerprint density at radius 3 is 2.62 bits per heavy atom. The quantitative estimate of drug-likeness (QED) is 0.296. The minimum atomic E-state index is -4.57. The number of allylic oxidation sites excluding steroid dienone is 1. The zero-order chi connectivity index (χ0) is 24.9. The predicted octanol–water partition coefficient (Wildman–Crippen LogP) is 5.97. The Kier molecular flexibility index (Phi) is 8.03. The van der Waals surface area contributed by atoms with Gasteiger partial charge in [-0.2, -0.15) is 13.2 Å². The van der Waals surface area contributed by atoms with E-state index in [1.165, 1.54) is 18.2 Å². The van der Waals surface area contributed by atoms with Crippen LogP contribution in [0.5, 0.6) is 5.75 Å². The maximum atomic E-state index is 13.2. The van der Waals surface area contributed by atoms with Crippen LogP contribution in [0.3, 0.4) is 0 Å². The number of carbonyl (C=O) groups excluding carboxylic acids is 1. The van der Waals surface area contributed by atoms with Gasteiger partial charge in [-0.15, -0.1) is 16.8 Å². The number of ether oxygens (including phenoxy) is 1. The number of rotatable bonds is 9. The lowest BCUT2D eigenvalue weighted by Crippen LogP contribution is -2.18. The third kappa shape index (κ3) is 6.19. The molecule has 1 unspecified atom stereocenters. The van der Waals surface area contributed by atoms with Crippen molar-refractivity contribution in [2.45, 2.75) is 44.8 Å². The number of para-hydroxylation sites is 1. The molecule has 0 fully saturated rings. The number of anilines is 1. The number of alkyl halides is 3. The summed E-state index contributed by atoms with van der Waals surface area (Å²) < 4.78 is 47.3. The number of aromatic nitrogens is 3. The second-order valence-corrected chi connectivity index (χ2v) is 8.57. The molecule has 1 N–H and O–H groups in total. The number of hydrogen-bond acceptors (Lipinski definition) is 5. The lowest BCUT2D eigenvalue weighted by molar-refractivity contribution is -0.137. The van der Waals surface area contributed by atoms with E-state index in [4.69, 9.17) is 4.74 Å². The molecular formula is C24H25F3N4O2S. The first kappa shape index (κ1) is 25.4. The average molecular weight is 491 g/mol. The summed E-state index contributed by atoms with van der Waals surface area (Å²) in [6.45, 7) is 9.99. The second kappa shape index (κ2) is 10.8. The molecule has 2 aromatic carbocycles. The summed E-state index contributed by atoms with van der Waals surface area (Å²) in [4.78, 5) is 12.4. The Bertz CT molecular complexity index is 1180. The van der Waals surface area contributed by atoms with Crippen molar-refractivity contribution in [1.29, 1.82) is 0 Å². The lowest BCUT2D eigenvalue weighted by atomic mass is 10.1. The SMILES string of the molecule is C=CCn1c(SCC(=O)Nc2ccccc2C(F)(F)F)nnc1C(C)Oc1ccc(C)c(C)c1. The van der Waals surface area contributed by atoms with Crippen LogP contribution in [0, 0.1) is 13.8 Å². The zero-order valence-electron chi connectivity index (χ0n) is 19.0. The number of carbonyl (C=O) groups is 1. The lowest BCUT2D eigenvalue weighted by Gasteiger charge is -2.16. The van der Waals surface area contributed by atoms with E-state index >= 15 is 0 Å². The molecule has 10 heteroatoms. The molecule has 1 heterocycles. The summed E-state index contributed by atoms with van der Waals surface area (Å²) in [7, 11) is 0. The fraction of sp³-hybridized carbons (Fsp3) is 0.292. The van der Waals surface area contributed by atoms with Crippen molar-refractivity contribution < 1.29 is 22.7 Å². The molecule has 3 rings (SSSR count). The van der Waals surface area contributed by atoms with Crippen molar-refractivity contribution in [3.63, 3.8) is 0 Å². The first-order chi connectivity index (χ1) is 16.1. The van der Waals surface area contributed by atoms with Crippen LogP contribution in [0.15, 0.2) is 60.3 Å². The van der Waals surface area contributed by atoms with E-state index in [9.17, 15) is 18.0 Å². The summed E-state index contributed by atoms with van der Waals surface area (Å²) in [5.41, 5.74) is 1.07. The number of nitrogens with one attached hydrogen (secondary N) is 1. The van der Waals surface area contributed by atoms with Crippen LogP contribution in [0.4, 0.5) is 18.9 Å². The fourth-order valence-electron chi connectivity index (χ4n) is 3.21. The van der Waals surface area contributed by atoms with Gasteiger partial charge in [0.2, 0.25) is 5.91 Å². The molecule has 3 aromatic rings. The van der Waals surface area contributed by atoms with Crippen molar-refractivity contribution in [3.8, 4) is 5.75 Å².